The van der Waals surface area contributed by atoms with Crippen molar-refractivity contribution < 1.29 is 14.7 Å². The number of carboxylic acids is 1. The van der Waals surface area contributed by atoms with Crippen LogP contribution in [0.25, 0.3) is 0 Å². The van der Waals surface area contributed by atoms with Gasteiger partial charge in [-0.15, -0.1) is 11.8 Å². The third-order valence-corrected chi connectivity index (χ3v) is 6.02. The molecule has 2 unspecified atom stereocenters. The Labute approximate surface area is 148 Å². The molecule has 0 saturated carbocycles. The summed E-state index contributed by atoms with van der Waals surface area (Å²) in [5, 5.41) is 9.36. The number of carbonyl (C=O) groups excluding carboxylic acids is 1. The summed E-state index contributed by atoms with van der Waals surface area (Å²) >= 11 is 1.55. The fraction of sp³-hybridized carbons (Fsp3) is 0.579. The van der Waals surface area contributed by atoms with Gasteiger partial charge < -0.3 is 10.0 Å². The van der Waals surface area contributed by atoms with Gasteiger partial charge in [-0.1, -0.05) is 53.7 Å². The van der Waals surface area contributed by atoms with Crippen LogP contribution in [0.3, 0.4) is 0 Å². The van der Waals surface area contributed by atoms with Crippen LogP contribution in [0.2, 0.25) is 0 Å². The molecule has 1 fully saturated rings. The summed E-state index contributed by atoms with van der Waals surface area (Å²) in [5.41, 5.74) is 1.53. The third-order valence-electron chi connectivity index (χ3n) is 4.26. The molecule has 0 radical (unpaired) electrons. The first-order valence-corrected chi connectivity index (χ1v) is 9.25. The van der Waals surface area contributed by atoms with E-state index in [1.165, 1.54) is 0 Å². The van der Waals surface area contributed by atoms with E-state index >= 15 is 0 Å². The number of carbonyl (C=O) groups is 2. The van der Waals surface area contributed by atoms with Crippen LogP contribution in [-0.2, 0) is 10.2 Å². The number of hydrogen-bond acceptors (Lipinski definition) is 3. The van der Waals surface area contributed by atoms with Crippen LogP contribution < -0.4 is 0 Å². The molecule has 1 N–H and O–H groups in total. The van der Waals surface area contributed by atoms with Gasteiger partial charge in [0.05, 0.1) is 5.37 Å². The highest BCUT2D eigenvalue weighted by Crippen LogP contribution is 2.41. The molecule has 0 spiro atoms. The van der Waals surface area contributed by atoms with Crippen LogP contribution in [0.4, 0.5) is 0 Å². The van der Waals surface area contributed by atoms with Crippen molar-refractivity contribution in [2.45, 2.75) is 58.4 Å². The van der Waals surface area contributed by atoms with E-state index in [1.54, 1.807) is 16.7 Å². The normalized spacial score (nSPS) is 21.8. The van der Waals surface area contributed by atoms with Crippen molar-refractivity contribution in [1.29, 1.82) is 0 Å². The van der Waals surface area contributed by atoms with Crippen LogP contribution in [0.1, 0.15) is 57.5 Å². The van der Waals surface area contributed by atoms with Crippen molar-refractivity contribution in [3.05, 3.63) is 35.4 Å². The van der Waals surface area contributed by atoms with E-state index in [2.05, 4.69) is 20.8 Å². The van der Waals surface area contributed by atoms with E-state index in [-0.39, 0.29) is 22.1 Å². The van der Waals surface area contributed by atoms with Gasteiger partial charge in [-0.2, -0.15) is 0 Å². The molecular formula is C19H27NO3S. The summed E-state index contributed by atoms with van der Waals surface area (Å²) in [7, 11) is 0. The molecule has 1 heterocycles. The van der Waals surface area contributed by atoms with E-state index < -0.39 is 12.0 Å². The number of benzene rings is 1. The molecule has 5 heteroatoms. The van der Waals surface area contributed by atoms with Gasteiger partial charge >= 0.3 is 5.97 Å². The molecule has 1 aliphatic rings. The zero-order valence-corrected chi connectivity index (χ0v) is 16.1. The zero-order valence-electron chi connectivity index (χ0n) is 15.3. The summed E-state index contributed by atoms with van der Waals surface area (Å²) in [4.78, 5) is 26.2. The Morgan fingerprint density at radius 2 is 1.62 bits per heavy atom. The van der Waals surface area contributed by atoms with Gasteiger partial charge in [-0.25, -0.2) is 4.79 Å². The largest absolute Gasteiger partial charge is 0.480 e. The lowest BCUT2D eigenvalue weighted by atomic mass is 9.86. The second kappa shape index (κ2) is 6.43. The summed E-state index contributed by atoms with van der Waals surface area (Å²) in [5.74, 6) is -0.704. The molecule has 132 valence electrons. The van der Waals surface area contributed by atoms with E-state index in [9.17, 15) is 14.7 Å². The molecule has 1 aromatic carbocycles. The van der Waals surface area contributed by atoms with E-state index in [1.807, 2.05) is 45.0 Å². The van der Waals surface area contributed by atoms with Gasteiger partial charge in [0.15, 0.2) is 0 Å². The molecule has 1 saturated heterocycles. The molecule has 0 aromatic heterocycles. The number of hydrogen-bond donors (Lipinski definition) is 1. The molecular weight excluding hydrogens is 322 g/mol. The van der Waals surface area contributed by atoms with Gasteiger partial charge in [-0.3, -0.25) is 4.79 Å². The quantitative estimate of drug-likeness (QED) is 0.877. The minimum atomic E-state index is -0.936. The molecule has 4 nitrogen and oxygen atoms in total. The first kappa shape index (κ1) is 18.8. The Morgan fingerprint density at radius 3 is 2.04 bits per heavy atom. The van der Waals surface area contributed by atoms with Crippen LogP contribution in [0.5, 0.6) is 0 Å². The van der Waals surface area contributed by atoms with Crippen LogP contribution >= 0.6 is 11.8 Å². The number of rotatable bonds is 2. The number of amides is 1. The van der Waals surface area contributed by atoms with Crippen molar-refractivity contribution in [3.8, 4) is 0 Å². The fourth-order valence-electron chi connectivity index (χ4n) is 2.87. The zero-order chi connectivity index (χ0) is 18.3. The number of nitrogens with zero attached hydrogens (tertiary/aromatic N) is 1. The highest BCUT2D eigenvalue weighted by atomic mass is 32.2. The highest BCUT2D eigenvalue weighted by Gasteiger charge is 2.46. The predicted octanol–water partition coefficient (Wildman–Crippen LogP) is 4.00. The summed E-state index contributed by atoms with van der Waals surface area (Å²) < 4.78 is 0. The minimum absolute atomic E-state index is 0.0165. The third kappa shape index (κ3) is 3.77. The van der Waals surface area contributed by atoms with Crippen LogP contribution in [0.15, 0.2) is 24.3 Å². The van der Waals surface area contributed by atoms with Gasteiger partial charge in [0, 0.05) is 11.3 Å². The Bertz CT molecular complexity index is 625. The second-order valence-corrected chi connectivity index (χ2v) is 9.56. The Hall–Kier alpha value is -1.49. The maximum absolute atomic E-state index is 13.0. The van der Waals surface area contributed by atoms with E-state index in [0.717, 1.165) is 5.56 Å². The standard InChI is InChI=1S/C19H27NO3S/c1-18(2,3)13-9-7-12(8-10-13)15(21)20-14(16(22)23)11-24-17(20)19(4,5)6/h7-10,14,17H,11H2,1-6H3,(H,22,23). The fourth-order valence-corrected chi connectivity index (χ4v) is 4.44. The van der Waals surface area contributed by atoms with Crippen LogP contribution in [0, 0.1) is 5.41 Å². The lowest BCUT2D eigenvalue weighted by Gasteiger charge is -2.36. The monoisotopic (exact) mass is 349 g/mol. The smallest absolute Gasteiger partial charge is 0.327 e. The number of thioether (sulfide) groups is 1. The van der Waals surface area contributed by atoms with Gasteiger partial charge in [0.25, 0.3) is 5.91 Å². The highest BCUT2D eigenvalue weighted by molar-refractivity contribution is 8.00. The van der Waals surface area contributed by atoms with Crippen molar-refractivity contribution in [3.63, 3.8) is 0 Å². The first-order chi connectivity index (χ1) is 10.9. The molecule has 1 aromatic rings. The lowest BCUT2D eigenvalue weighted by molar-refractivity contribution is -0.141. The Morgan fingerprint density at radius 1 is 1.08 bits per heavy atom. The second-order valence-electron chi connectivity index (χ2n) is 8.45. The first-order valence-electron chi connectivity index (χ1n) is 8.20. The number of carboxylic acid groups (broad SMARTS) is 1. The van der Waals surface area contributed by atoms with Crippen molar-refractivity contribution in [2.24, 2.45) is 5.41 Å². The van der Waals surface area contributed by atoms with Gasteiger partial charge in [0.1, 0.15) is 6.04 Å². The number of aliphatic carboxylic acids is 1. The molecule has 1 amide bonds. The Kier molecular flexibility index (Phi) is 5.05. The summed E-state index contributed by atoms with van der Waals surface area (Å²) in [6.07, 6.45) is 0. The SMILES string of the molecule is CC(C)(C)c1ccc(C(=O)N2C(C(=O)O)CSC2C(C)(C)C)cc1. The topological polar surface area (TPSA) is 57.6 Å². The molecule has 0 bridgehead atoms. The van der Waals surface area contributed by atoms with Crippen molar-refractivity contribution in [1.82, 2.24) is 4.90 Å². The summed E-state index contributed by atoms with van der Waals surface area (Å²) in [6, 6.07) is 6.76. The molecule has 0 aliphatic carbocycles. The Balaban J connectivity index is 2.35. The molecule has 2 atom stereocenters. The molecule has 24 heavy (non-hydrogen) atoms. The van der Waals surface area contributed by atoms with Gasteiger partial charge in [0.2, 0.25) is 0 Å². The van der Waals surface area contributed by atoms with E-state index in [4.69, 9.17) is 0 Å². The van der Waals surface area contributed by atoms with E-state index in [0.29, 0.717) is 11.3 Å². The minimum Gasteiger partial charge on any atom is -0.480 e. The van der Waals surface area contributed by atoms with Crippen molar-refractivity contribution >= 4 is 23.6 Å². The maximum atomic E-state index is 13.0. The lowest BCUT2D eigenvalue weighted by Crippen LogP contribution is -2.49. The summed E-state index contributed by atoms with van der Waals surface area (Å²) in [6.45, 7) is 12.5. The van der Waals surface area contributed by atoms with Crippen LogP contribution in [-0.4, -0.2) is 39.1 Å². The average molecular weight is 349 g/mol. The van der Waals surface area contributed by atoms with Gasteiger partial charge in [-0.05, 0) is 28.5 Å². The average Bonchev–Trinajstić information content (AvgIpc) is 2.90. The molecule has 1 aliphatic heterocycles. The molecule has 2 rings (SSSR count). The maximum Gasteiger partial charge on any atom is 0.327 e. The predicted molar refractivity (Wildman–Crippen MR) is 98.4 cm³/mol. The van der Waals surface area contributed by atoms with Crippen molar-refractivity contribution in [2.75, 3.05) is 5.75 Å².